The molecule has 2 aromatic carbocycles. The standard InChI is InChI=1S/C22H16Br2O4/c1-22(2)14-9-27-20-13(7-10(23)8-15(20)24)16(14)17-18(25)11-5-3-4-6-12(11)19(26)21(17)28-22/h3-8,14,16H,9H2,1-2H3/t14-,16+/m1/s1. The molecule has 0 fully saturated rings. The Labute approximate surface area is 179 Å². The number of allylic oxidation sites excluding steroid dienone is 2. The lowest BCUT2D eigenvalue weighted by Gasteiger charge is -2.48. The van der Waals surface area contributed by atoms with Gasteiger partial charge in [0.2, 0.25) is 5.78 Å². The van der Waals surface area contributed by atoms with Gasteiger partial charge in [0.15, 0.2) is 11.5 Å². The number of rotatable bonds is 0. The Balaban J connectivity index is 1.80. The highest BCUT2D eigenvalue weighted by atomic mass is 79.9. The molecule has 0 N–H and O–H groups in total. The van der Waals surface area contributed by atoms with Gasteiger partial charge in [-0.15, -0.1) is 0 Å². The van der Waals surface area contributed by atoms with Crippen LogP contribution in [0.1, 0.15) is 46.0 Å². The minimum absolute atomic E-state index is 0.0954. The number of ether oxygens (including phenoxy) is 2. The van der Waals surface area contributed by atoms with Crippen molar-refractivity contribution in [2.24, 2.45) is 5.92 Å². The van der Waals surface area contributed by atoms with Crippen molar-refractivity contribution >= 4 is 43.4 Å². The number of halogens is 2. The lowest BCUT2D eigenvalue weighted by Crippen LogP contribution is -2.50. The smallest absolute Gasteiger partial charge is 0.228 e. The normalized spacial score (nSPS) is 24.4. The Hall–Kier alpha value is -1.92. The minimum atomic E-state index is -0.655. The molecule has 0 radical (unpaired) electrons. The van der Waals surface area contributed by atoms with Gasteiger partial charge in [0.25, 0.3) is 0 Å². The lowest BCUT2D eigenvalue weighted by atomic mass is 9.66. The van der Waals surface area contributed by atoms with Crippen molar-refractivity contribution in [3.8, 4) is 5.75 Å². The molecule has 2 aromatic rings. The average Bonchev–Trinajstić information content (AvgIpc) is 2.65. The zero-order valence-electron chi connectivity index (χ0n) is 15.2. The molecule has 0 aromatic heterocycles. The van der Waals surface area contributed by atoms with Crippen LogP contribution in [-0.4, -0.2) is 23.8 Å². The van der Waals surface area contributed by atoms with E-state index in [4.69, 9.17) is 9.47 Å². The highest BCUT2D eigenvalue weighted by molar-refractivity contribution is 9.11. The molecule has 0 amide bonds. The molecule has 1 aliphatic carbocycles. The van der Waals surface area contributed by atoms with Gasteiger partial charge in [-0.1, -0.05) is 40.2 Å². The van der Waals surface area contributed by atoms with Crippen LogP contribution in [0.4, 0.5) is 0 Å². The van der Waals surface area contributed by atoms with Gasteiger partial charge < -0.3 is 9.47 Å². The fourth-order valence-electron chi connectivity index (χ4n) is 4.50. The van der Waals surface area contributed by atoms with E-state index < -0.39 is 5.60 Å². The highest BCUT2D eigenvalue weighted by Gasteiger charge is 2.54. The molecule has 0 saturated carbocycles. The third kappa shape index (κ3) is 2.40. The van der Waals surface area contributed by atoms with E-state index in [1.807, 2.05) is 26.0 Å². The van der Waals surface area contributed by atoms with E-state index in [-0.39, 0.29) is 29.2 Å². The van der Waals surface area contributed by atoms with E-state index in [1.54, 1.807) is 24.3 Å². The van der Waals surface area contributed by atoms with Crippen molar-refractivity contribution < 1.29 is 19.1 Å². The number of carbonyl (C=O) groups excluding carboxylic acids is 2. The van der Waals surface area contributed by atoms with E-state index >= 15 is 0 Å². The average molecular weight is 504 g/mol. The Morgan fingerprint density at radius 3 is 2.43 bits per heavy atom. The third-order valence-electron chi connectivity index (χ3n) is 5.86. The summed E-state index contributed by atoms with van der Waals surface area (Å²) in [7, 11) is 0. The van der Waals surface area contributed by atoms with Gasteiger partial charge in [-0.3, -0.25) is 9.59 Å². The van der Waals surface area contributed by atoms with E-state index in [0.29, 0.717) is 29.1 Å². The summed E-state index contributed by atoms with van der Waals surface area (Å²) in [4.78, 5) is 26.7. The molecule has 3 aliphatic rings. The summed E-state index contributed by atoms with van der Waals surface area (Å²) in [5, 5.41) is 0. The van der Waals surface area contributed by atoms with Crippen molar-refractivity contribution in [2.45, 2.75) is 25.4 Å². The summed E-state index contributed by atoms with van der Waals surface area (Å²) in [5.41, 5.74) is 1.53. The van der Waals surface area contributed by atoms with E-state index in [1.165, 1.54) is 0 Å². The van der Waals surface area contributed by atoms with E-state index in [0.717, 1.165) is 14.5 Å². The molecule has 2 atom stereocenters. The van der Waals surface area contributed by atoms with Gasteiger partial charge in [0, 0.05) is 33.0 Å². The molecular formula is C22H16Br2O4. The summed E-state index contributed by atoms with van der Waals surface area (Å²) in [6.45, 7) is 4.31. The predicted octanol–water partition coefficient (Wildman–Crippen LogP) is 5.45. The number of Topliss-reactive ketones (excluding diaryl/α,β-unsaturated/α-hetero) is 2. The SMILES string of the molecule is CC1(C)OC2=C(C(=O)c3ccccc3C2=O)[C@H]2c3cc(Br)cc(Br)c3OC[C@H]21. The zero-order valence-corrected chi connectivity index (χ0v) is 18.4. The summed E-state index contributed by atoms with van der Waals surface area (Å²) in [5.74, 6) is 0.161. The van der Waals surface area contributed by atoms with Gasteiger partial charge in [0.1, 0.15) is 11.4 Å². The maximum Gasteiger partial charge on any atom is 0.228 e. The Kier molecular flexibility index (Phi) is 3.91. The van der Waals surface area contributed by atoms with E-state index in [9.17, 15) is 9.59 Å². The molecule has 142 valence electrons. The number of benzene rings is 2. The Morgan fingerprint density at radius 1 is 1.04 bits per heavy atom. The molecule has 0 saturated heterocycles. The molecule has 2 heterocycles. The zero-order chi connectivity index (χ0) is 19.8. The van der Waals surface area contributed by atoms with Crippen LogP contribution in [0.15, 0.2) is 56.7 Å². The summed E-state index contributed by atoms with van der Waals surface area (Å²) < 4.78 is 13.9. The summed E-state index contributed by atoms with van der Waals surface area (Å²) in [6.07, 6.45) is 0. The Morgan fingerprint density at radius 2 is 1.71 bits per heavy atom. The Bertz CT molecular complexity index is 1100. The molecule has 4 nitrogen and oxygen atoms in total. The van der Waals surface area contributed by atoms with Crippen LogP contribution in [0.5, 0.6) is 5.75 Å². The second-order valence-corrected chi connectivity index (χ2v) is 9.62. The lowest BCUT2D eigenvalue weighted by molar-refractivity contribution is -0.0597. The molecule has 5 rings (SSSR count). The second-order valence-electron chi connectivity index (χ2n) is 7.85. The molecule has 6 heteroatoms. The van der Waals surface area contributed by atoms with Gasteiger partial charge in [-0.2, -0.15) is 0 Å². The minimum Gasteiger partial charge on any atom is -0.492 e. The van der Waals surface area contributed by atoms with Crippen LogP contribution in [0, 0.1) is 5.92 Å². The van der Waals surface area contributed by atoms with Gasteiger partial charge in [-0.05, 0) is 41.9 Å². The fraction of sp³-hybridized carbons (Fsp3) is 0.273. The molecule has 0 spiro atoms. The van der Waals surface area contributed by atoms with Crippen LogP contribution >= 0.6 is 31.9 Å². The van der Waals surface area contributed by atoms with Crippen LogP contribution in [0.2, 0.25) is 0 Å². The van der Waals surface area contributed by atoms with Gasteiger partial charge in [0.05, 0.1) is 16.7 Å². The summed E-state index contributed by atoms with van der Waals surface area (Å²) >= 11 is 7.11. The van der Waals surface area contributed by atoms with Crippen molar-refractivity contribution in [2.75, 3.05) is 6.61 Å². The topological polar surface area (TPSA) is 52.6 Å². The first kappa shape index (κ1) is 18.1. The van der Waals surface area contributed by atoms with Crippen LogP contribution in [0.3, 0.4) is 0 Å². The second kappa shape index (κ2) is 6.04. The monoisotopic (exact) mass is 502 g/mol. The number of carbonyl (C=O) groups is 2. The quantitative estimate of drug-likeness (QED) is 0.480. The summed E-state index contributed by atoms with van der Waals surface area (Å²) in [6, 6.07) is 10.8. The molecule has 28 heavy (non-hydrogen) atoms. The fourth-order valence-corrected chi connectivity index (χ4v) is 5.88. The largest absolute Gasteiger partial charge is 0.492 e. The van der Waals surface area contributed by atoms with Crippen molar-refractivity contribution in [3.05, 3.63) is 73.4 Å². The number of fused-ring (bicyclic) bond motifs is 5. The first-order valence-corrected chi connectivity index (χ1v) is 10.6. The third-order valence-corrected chi connectivity index (χ3v) is 6.91. The van der Waals surface area contributed by atoms with Gasteiger partial charge in [-0.25, -0.2) is 0 Å². The molecule has 2 aliphatic heterocycles. The van der Waals surface area contributed by atoms with Crippen LogP contribution in [-0.2, 0) is 4.74 Å². The number of hydrogen-bond donors (Lipinski definition) is 0. The van der Waals surface area contributed by atoms with Crippen LogP contribution in [0.25, 0.3) is 0 Å². The van der Waals surface area contributed by atoms with Crippen molar-refractivity contribution in [3.63, 3.8) is 0 Å². The van der Waals surface area contributed by atoms with Crippen molar-refractivity contribution in [1.82, 2.24) is 0 Å². The first-order chi connectivity index (χ1) is 13.3. The van der Waals surface area contributed by atoms with E-state index in [2.05, 4.69) is 31.9 Å². The molecule has 0 bridgehead atoms. The van der Waals surface area contributed by atoms with Crippen LogP contribution < -0.4 is 4.74 Å². The predicted molar refractivity (Wildman–Crippen MR) is 111 cm³/mol. The first-order valence-electron chi connectivity index (χ1n) is 9.03. The number of ketones is 2. The van der Waals surface area contributed by atoms with Crippen molar-refractivity contribution in [1.29, 1.82) is 0 Å². The molecular weight excluding hydrogens is 488 g/mol. The van der Waals surface area contributed by atoms with Gasteiger partial charge >= 0.3 is 0 Å². The maximum atomic E-state index is 13.5. The number of hydrogen-bond acceptors (Lipinski definition) is 4. The maximum absolute atomic E-state index is 13.5. The highest BCUT2D eigenvalue weighted by Crippen LogP contribution is 2.55. The molecule has 0 unspecified atom stereocenters.